The van der Waals surface area contributed by atoms with Gasteiger partial charge in [0.05, 0.1) is 36.4 Å². The van der Waals surface area contributed by atoms with Gasteiger partial charge in [0.2, 0.25) is 0 Å². The van der Waals surface area contributed by atoms with Gasteiger partial charge < -0.3 is 9.30 Å². The van der Waals surface area contributed by atoms with E-state index in [0.717, 1.165) is 27.9 Å². The molecule has 0 aromatic carbocycles. The Balaban J connectivity index is 1.84. The highest BCUT2D eigenvalue weighted by Crippen LogP contribution is 2.21. The van der Waals surface area contributed by atoms with E-state index in [2.05, 4.69) is 15.0 Å². The number of carbonyl (C=O) groups excluding carboxylic acids is 1. The number of hydrogen-bond donors (Lipinski definition) is 0. The van der Waals surface area contributed by atoms with E-state index in [0.29, 0.717) is 0 Å². The van der Waals surface area contributed by atoms with Gasteiger partial charge in [-0.1, -0.05) is 0 Å². The number of nitrogens with zero attached hydrogens (tertiary/aromatic N) is 4. The quantitative estimate of drug-likeness (QED) is 0.697. The molecule has 0 unspecified atom stereocenters. The Morgan fingerprint density at radius 1 is 1.17 bits per heavy atom. The van der Waals surface area contributed by atoms with Crippen LogP contribution in [-0.2, 0) is 23.0 Å². The molecule has 6 heteroatoms. The number of Topliss-reactive ketones (excluding diaryl/α,β-unsaturated/α-hetero) is 1. The van der Waals surface area contributed by atoms with Gasteiger partial charge >= 0.3 is 0 Å². The summed E-state index contributed by atoms with van der Waals surface area (Å²) in [5.74, 6) is 0.0245. The molecule has 0 aliphatic carbocycles. The van der Waals surface area contributed by atoms with Gasteiger partial charge in [0.1, 0.15) is 6.61 Å². The number of pyridine rings is 2. The maximum Gasteiger partial charge on any atom is 0.164 e. The molecule has 0 bridgehead atoms. The molecule has 24 heavy (non-hydrogen) atoms. The number of hydrogen-bond acceptors (Lipinski definition) is 5. The zero-order valence-corrected chi connectivity index (χ0v) is 14.1. The Morgan fingerprint density at radius 3 is 2.67 bits per heavy atom. The minimum absolute atomic E-state index is 0.0245. The fourth-order valence-electron chi connectivity index (χ4n) is 2.44. The van der Waals surface area contributed by atoms with Crippen LogP contribution in [0.4, 0.5) is 0 Å². The Morgan fingerprint density at radius 2 is 1.96 bits per heavy atom. The lowest BCUT2D eigenvalue weighted by atomic mass is 10.1. The van der Waals surface area contributed by atoms with Crippen molar-refractivity contribution in [1.82, 2.24) is 19.5 Å². The van der Waals surface area contributed by atoms with Crippen LogP contribution < -0.4 is 0 Å². The highest BCUT2D eigenvalue weighted by Gasteiger charge is 2.09. The lowest BCUT2D eigenvalue weighted by molar-refractivity contribution is -0.124. The van der Waals surface area contributed by atoms with Gasteiger partial charge in [-0.05, 0) is 31.4 Å². The molecule has 0 spiro atoms. The standard InChI is InChI=1S/C18H20N4O2/c1-12(2)24-10-16(23)6-15-4-13-5-17(18-9-19-11-22(18)3)21-8-14(13)7-20-15/h4-5,7-9,11-12H,6,10H2,1-3H3. The first-order valence-electron chi connectivity index (χ1n) is 7.87. The van der Waals surface area contributed by atoms with Crippen LogP contribution in [0.2, 0.25) is 0 Å². The van der Waals surface area contributed by atoms with Crippen molar-refractivity contribution in [3.8, 4) is 11.4 Å². The second-order valence-electron chi connectivity index (χ2n) is 6.06. The van der Waals surface area contributed by atoms with Crippen molar-refractivity contribution >= 4 is 16.6 Å². The van der Waals surface area contributed by atoms with E-state index in [4.69, 9.17) is 4.74 Å². The Bertz CT molecular complexity index is 870. The lowest BCUT2D eigenvalue weighted by Crippen LogP contribution is -2.15. The summed E-state index contributed by atoms with van der Waals surface area (Å²) < 4.78 is 7.27. The molecule has 0 N–H and O–H groups in total. The van der Waals surface area contributed by atoms with Gasteiger partial charge in [-0.3, -0.25) is 14.8 Å². The van der Waals surface area contributed by atoms with Crippen LogP contribution in [0.5, 0.6) is 0 Å². The Kier molecular flexibility index (Phi) is 4.66. The van der Waals surface area contributed by atoms with Crippen molar-refractivity contribution in [3.05, 3.63) is 42.7 Å². The molecule has 0 radical (unpaired) electrons. The van der Waals surface area contributed by atoms with Crippen molar-refractivity contribution in [1.29, 1.82) is 0 Å². The number of imidazole rings is 1. The number of ketones is 1. The second-order valence-corrected chi connectivity index (χ2v) is 6.06. The summed E-state index contributed by atoms with van der Waals surface area (Å²) in [4.78, 5) is 24.9. The molecule has 0 saturated carbocycles. The molecule has 0 aliphatic rings. The summed E-state index contributed by atoms with van der Waals surface area (Å²) in [6.45, 7) is 3.94. The van der Waals surface area contributed by atoms with Crippen LogP contribution in [-0.4, -0.2) is 38.0 Å². The summed E-state index contributed by atoms with van der Waals surface area (Å²) in [5.41, 5.74) is 2.52. The van der Waals surface area contributed by atoms with Crippen molar-refractivity contribution in [3.63, 3.8) is 0 Å². The van der Waals surface area contributed by atoms with E-state index in [9.17, 15) is 4.79 Å². The summed E-state index contributed by atoms with van der Waals surface area (Å²) >= 11 is 0. The SMILES string of the molecule is CC(C)OCC(=O)Cc1cc2cc(-c3cncn3C)ncc2cn1. The molecule has 6 nitrogen and oxygen atoms in total. The zero-order chi connectivity index (χ0) is 17.1. The van der Waals surface area contributed by atoms with Crippen molar-refractivity contribution in [2.75, 3.05) is 6.61 Å². The highest BCUT2D eigenvalue weighted by molar-refractivity contribution is 5.86. The number of fused-ring (bicyclic) bond motifs is 1. The van der Waals surface area contributed by atoms with Crippen LogP contribution in [0.3, 0.4) is 0 Å². The van der Waals surface area contributed by atoms with Gasteiger partial charge in [0.15, 0.2) is 5.78 Å². The molecular weight excluding hydrogens is 304 g/mol. The second kappa shape index (κ2) is 6.88. The molecule has 0 amide bonds. The van der Waals surface area contributed by atoms with Gasteiger partial charge in [0.25, 0.3) is 0 Å². The average Bonchev–Trinajstić information content (AvgIpc) is 2.98. The van der Waals surface area contributed by atoms with Gasteiger partial charge in [-0.2, -0.15) is 0 Å². The minimum Gasteiger partial charge on any atom is -0.371 e. The maximum absolute atomic E-state index is 12.0. The third-order valence-electron chi connectivity index (χ3n) is 3.69. The topological polar surface area (TPSA) is 69.9 Å². The van der Waals surface area contributed by atoms with E-state index in [1.807, 2.05) is 37.6 Å². The van der Waals surface area contributed by atoms with E-state index in [1.54, 1.807) is 24.9 Å². The molecule has 124 valence electrons. The first-order chi connectivity index (χ1) is 11.5. The van der Waals surface area contributed by atoms with Crippen molar-refractivity contribution in [2.45, 2.75) is 26.4 Å². The van der Waals surface area contributed by atoms with Crippen LogP contribution >= 0.6 is 0 Å². The lowest BCUT2D eigenvalue weighted by Gasteiger charge is -2.07. The molecule has 0 fully saturated rings. The van der Waals surface area contributed by atoms with Crippen molar-refractivity contribution < 1.29 is 9.53 Å². The summed E-state index contributed by atoms with van der Waals surface area (Å²) in [5, 5.41) is 1.94. The smallest absolute Gasteiger partial charge is 0.164 e. The van der Waals surface area contributed by atoms with Gasteiger partial charge in [-0.15, -0.1) is 0 Å². The van der Waals surface area contributed by atoms with Gasteiger partial charge in [0, 0.05) is 30.5 Å². The normalized spacial score (nSPS) is 11.3. The average molecular weight is 324 g/mol. The summed E-state index contributed by atoms with van der Waals surface area (Å²) in [7, 11) is 1.93. The van der Waals surface area contributed by atoms with Crippen LogP contribution in [0.25, 0.3) is 22.2 Å². The third-order valence-corrected chi connectivity index (χ3v) is 3.69. The molecule has 0 atom stereocenters. The van der Waals surface area contributed by atoms with Crippen molar-refractivity contribution in [2.24, 2.45) is 7.05 Å². The number of ether oxygens (including phenoxy) is 1. The predicted octanol–water partition coefficient (Wildman–Crippen LogP) is 2.57. The molecular formula is C18H20N4O2. The molecule has 3 aromatic rings. The molecule has 3 heterocycles. The van der Waals surface area contributed by atoms with E-state index < -0.39 is 0 Å². The fourth-order valence-corrected chi connectivity index (χ4v) is 2.44. The third kappa shape index (κ3) is 3.65. The minimum atomic E-state index is 0.0245. The largest absolute Gasteiger partial charge is 0.371 e. The number of aryl methyl sites for hydroxylation is 1. The molecule has 0 saturated heterocycles. The van der Waals surface area contributed by atoms with E-state index >= 15 is 0 Å². The maximum atomic E-state index is 12.0. The fraction of sp³-hybridized carbons (Fsp3) is 0.333. The molecule has 3 aromatic heterocycles. The first kappa shape index (κ1) is 16.3. The number of carbonyl (C=O) groups is 1. The first-order valence-corrected chi connectivity index (χ1v) is 7.87. The number of aromatic nitrogens is 4. The molecule has 0 aliphatic heterocycles. The Labute approximate surface area is 140 Å². The molecule has 3 rings (SSSR count). The summed E-state index contributed by atoms with van der Waals surface area (Å²) in [6, 6.07) is 3.93. The summed E-state index contributed by atoms with van der Waals surface area (Å²) in [6.07, 6.45) is 7.38. The van der Waals surface area contributed by atoms with Crippen LogP contribution in [0, 0.1) is 0 Å². The van der Waals surface area contributed by atoms with Crippen LogP contribution in [0.15, 0.2) is 37.1 Å². The zero-order valence-electron chi connectivity index (χ0n) is 14.1. The predicted molar refractivity (Wildman–Crippen MR) is 91.5 cm³/mol. The highest BCUT2D eigenvalue weighted by atomic mass is 16.5. The van der Waals surface area contributed by atoms with E-state index in [1.165, 1.54) is 0 Å². The van der Waals surface area contributed by atoms with Gasteiger partial charge in [-0.25, -0.2) is 4.98 Å². The van der Waals surface area contributed by atoms with Crippen LogP contribution in [0.1, 0.15) is 19.5 Å². The van der Waals surface area contributed by atoms with E-state index in [-0.39, 0.29) is 24.9 Å². The monoisotopic (exact) mass is 324 g/mol. The number of rotatable bonds is 6. The Hall–Kier alpha value is -2.60.